The fourth-order valence-corrected chi connectivity index (χ4v) is 4.04. The number of nitrogens with two attached hydrogens (primary N) is 1. The summed E-state index contributed by atoms with van der Waals surface area (Å²) >= 11 is 0. The van der Waals surface area contributed by atoms with Crippen molar-refractivity contribution in [3.63, 3.8) is 0 Å². The molecule has 3 N–H and O–H groups in total. The zero-order valence-electron chi connectivity index (χ0n) is 14.4. The molecule has 128 valence electrons. The zero-order chi connectivity index (χ0) is 16.2. The summed E-state index contributed by atoms with van der Waals surface area (Å²) in [5.41, 5.74) is 5.49. The second-order valence-electron chi connectivity index (χ2n) is 7.64. The van der Waals surface area contributed by atoms with Crippen molar-refractivity contribution in [1.29, 1.82) is 0 Å². The number of piperidine rings is 1. The first-order valence-corrected chi connectivity index (χ1v) is 8.76. The molecule has 22 heavy (non-hydrogen) atoms. The number of carbonyl (C=O) groups excluding carboxylic acids is 1. The van der Waals surface area contributed by atoms with Crippen LogP contribution < -0.4 is 11.1 Å². The maximum atomic E-state index is 12.7. The van der Waals surface area contributed by atoms with E-state index in [1.807, 2.05) is 0 Å². The Balaban J connectivity index is 1.85. The van der Waals surface area contributed by atoms with Crippen LogP contribution in [0.1, 0.15) is 40.0 Å². The van der Waals surface area contributed by atoms with E-state index >= 15 is 0 Å². The van der Waals surface area contributed by atoms with Gasteiger partial charge in [-0.1, -0.05) is 13.8 Å². The molecule has 0 aromatic rings. The number of likely N-dealkylation sites (tertiary alicyclic amines) is 1. The van der Waals surface area contributed by atoms with Gasteiger partial charge in [0.2, 0.25) is 5.91 Å². The van der Waals surface area contributed by atoms with Crippen molar-refractivity contribution in [3.05, 3.63) is 0 Å². The van der Waals surface area contributed by atoms with Crippen LogP contribution in [0, 0.1) is 17.3 Å². The van der Waals surface area contributed by atoms with Gasteiger partial charge in [0.1, 0.15) is 0 Å². The Hall–Kier alpha value is -0.650. The van der Waals surface area contributed by atoms with E-state index in [1.54, 1.807) is 0 Å². The minimum atomic E-state index is -0.422. The summed E-state index contributed by atoms with van der Waals surface area (Å²) in [4.78, 5) is 15.2. The molecule has 0 aliphatic carbocycles. The summed E-state index contributed by atoms with van der Waals surface area (Å²) in [6, 6.07) is 0.163. The smallest absolute Gasteiger partial charge is 0.227 e. The molecule has 2 aliphatic rings. The number of hydrogen-bond donors (Lipinski definition) is 2. The number of nitrogens with zero attached hydrogens (tertiary/aromatic N) is 1. The molecule has 0 saturated carbocycles. The van der Waals surface area contributed by atoms with Crippen molar-refractivity contribution >= 4 is 5.91 Å². The van der Waals surface area contributed by atoms with Crippen LogP contribution in [0.3, 0.4) is 0 Å². The topological polar surface area (TPSA) is 67.6 Å². The molecule has 2 heterocycles. The van der Waals surface area contributed by atoms with Gasteiger partial charge in [-0.05, 0) is 38.0 Å². The Bertz CT molecular complexity index is 359. The Labute approximate surface area is 134 Å². The second-order valence-corrected chi connectivity index (χ2v) is 7.64. The van der Waals surface area contributed by atoms with Gasteiger partial charge in [-0.25, -0.2) is 0 Å². The van der Waals surface area contributed by atoms with Crippen molar-refractivity contribution in [2.24, 2.45) is 23.0 Å². The van der Waals surface area contributed by atoms with Crippen LogP contribution in [-0.2, 0) is 9.53 Å². The summed E-state index contributed by atoms with van der Waals surface area (Å²) in [6.45, 7) is 11.6. The van der Waals surface area contributed by atoms with Gasteiger partial charge in [-0.2, -0.15) is 0 Å². The lowest BCUT2D eigenvalue weighted by Gasteiger charge is -2.38. The molecule has 2 aliphatic heterocycles. The molecule has 0 aromatic carbocycles. The molecule has 2 rings (SSSR count). The minimum Gasteiger partial charge on any atom is -0.381 e. The molecule has 3 unspecified atom stereocenters. The van der Waals surface area contributed by atoms with E-state index in [0.717, 1.165) is 44.3 Å². The standard InChI is InChI=1S/C17H33N3O2/c1-13-8-14(2)10-20(9-13)11-15(3)19-16(21)17(12-18)4-6-22-7-5-17/h13-15H,4-12,18H2,1-3H3,(H,19,21). The van der Waals surface area contributed by atoms with Crippen molar-refractivity contribution < 1.29 is 9.53 Å². The molecule has 0 spiro atoms. The van der Waals surface area contributed by atoms with E-state index in [9.17, 15) is 4.79 Å². The first kappa shape index (κ1) is 17.7. The van der Waals surface area contributed by atoms with Gasteiger partial charge in [0.25, 0.3) is 0 Å². The van der Waals surface area contributed by atoms with Crippen molar-refractivity contribution in [1.82, 2.24) is 10.2 Å². The van der Waals surface area contributed by atoms with Gasteiger partial charge in [-0.15, -0.1) is 0 Å². The van der Waals surface area contributed by atoms with Crippen LogP contribution in [0.15, 0.2) is 0 Å². The summed E-state index contributed by atoms with van der Waals surface area (Å²) in [7, 11) is 0. The monoisotopic (exact) mass is 311 g/mol. The quantitative estimate of drug-likeness (QED) is 0.801. The number of carbonyl (C=O) groups is 1. The number of rotatable bonds is 5. The summed E-state index contributed by atoms with van der Waals surface area (Å²) in [5, 5.41) is 3.20. The molecular formula is C17H33N3O2. The first-order valence-electron chi connectivity index (χ1n) is 8.76. The zero-order valence-corrected chi connectivity index (χ0v) is 14.4. The fourth-order valence-electron chi connectivity index (χ4n) is 4.04. The minimum absolute atomic E-state index is 0.115. The predicted octanol–water partition coefficient (Wildman–Crippen LogP) is 1.22. The lowest BCUT2D eigenvalue weighted by atomic mass is 9.79. The van der Waals surface area contributed by atoms with Crippen molar-refractivity contribution in [3.8, 4) is 0 Å². The molecule has 1 amide bonds. The lowest BCUT2D eigenvalue weighted by molar-refractivity contribution is -0.136. The molecule has 0 radical (unpaired) electrons. The van der Waals surface area contributed by atoms with Gasteiger partial charge in [0.05, 0.1) is 5.41 Å². The summed E-state index contributed by atoms with van der Waals surface area (Å²) < 4.78 is 5.38. The van der Waals surface area contributed by atoms with E-state index in [0.29, 0.717) is 19.8 Å². The van der Waals surface area contributed by atoms with E-state index in [2.05, 4.69) is 31.0 Å². The highest BCUT2D eigenvalue weighted by atomic mass is 16.5. The molecule has 5 heteroatoms. The summed E-state index contributed by atoms with van der Waals surface area (Å²) in [6.07, 6.45) is 2.78. The number of amides is 1. The van der Waals surface area contributed by atoms with Crippen LogP contribution in [0.25, 0.3) is 0 Å². The van der Waals surface area contributed by atoms with Crippen molar-refractivity contribution in [2.75, 3.05) is 39.4 Å². The van der Waals surface area contributed by atoms with Gasteiger partial charge >= 0.3 is 0 Å². The van der Waals surface area contributed by atoms with Crippen LogP contribution >= 0.6 is 0 Å². The highest BCUT2D eigenvalue weighted by Crippen LogP contribution is 2.29. The van der Waals surface area contributed by atoms with Crippen LogP contribution in [0.4, 0.5) is 0 Å². The largest absolute Gasteiger partial charge is 0.381 e. The SMILES string of the molecule is CC1CC(C)CN(CC(C)NC(=O)C2(CN)CCOCC2)C1. The molecule has 5 nitrogen and oxygen atoms in total. The van der Waals surface area contributed by atoms with Crippen LogP contribution in [0.5, 0.6) is 0 Å². The fraction of sp³-hybridized carbons (Fsp3) is 0.941. The maximum Gasteiger partial charge on any atom is 0.227 e. The first-order chi connectivity index (χ1) is 10.4. The number of nitrogens with one attached hydrogen (secondary N) is 1. The second kappa shape index (κ2) is 7.75. The highest BCUT2D eigenvalue weighted by Gasteiger charge is 2.39. The van der Waals surface area contributed by atoms with Crippen molar-refractivity contribution in [2.45, 2.75) is 46.1 Å². The Morgan fingerprint density at radius 1 is 1.32 bits per heavy atom. The third kappa shape index (κ3) is 4.43. The molecule has 2 fully saturated rings. The molecule has 2 saturated heterocycles. The predicted molar refractivity (Wildman–Crippen MR) is 88.5 cm³/mol. The Morgan fingerprint density at radius 2 is 1.91 bits per heavy atom. The summed E-state index contributed by atoms with van der Waals surface area (Å²) in [5.74, 6) is 1.61. The van der Waals surface area contributed by atoms with E-state index < -0.39 is 5.41 Å². The Kier molecular flexibility index (Phi) is 6.24. The normalized spacial score (nSPS) is 30.7. The van der Waals surface area contributed by atoms with E-state index in [-0.39, 0.29) is 11.9 Å². The van der Waals surface area contributed by atoms with Gasteiger partial charge in [0, 0.05) is 45.4 Å². The lowest BCUT2D eigenvalue weighted by Crippen LogP contribution is -2.54. The van der Waals surface area contributed by atoms with Gasteiger partial charge < -0.3 is 20.7 Å². The number of hydrogen-bond acceptors (Lipinski definition) is 4. The number of ether oxygens (including phenoxy) is 1. The third-order valence-corrected chi connectivity index (χ3v) is 5.18. The average Bonchev–Trinajstić information content (AvgIpc) is 2.46. The van der Waals surface area contributed by atoms with Crippen LogP contribution in [-0.4, -0.2) is 56.2 Å². The average molecular weight is 311 g/mol. The molecule has 3 atom stereocenters. The molecular weight excluding hydrogens is 278 g/mol. The van der Waals surface area contributed by atoms with Crippen LogP contribution in [0.2, 0.25) is 0 Å². The highest BCUT2D eigenvalue weighted by molar-refractivity contribution is 5.83. The van der Waals surface area contributed by atoms with Gasteiger partial charge in [-0.3, -0.25) is 4.79 Å². The third-order valence-electron chi connectivity index (χ3n) is 5.18. The van der Waals surface area contributed by atoms with E-state index in [4.69, 9.17) is 10.5 Å². The van der Waals surface area contributed by atoms with Gasteiger partial charge in [0.15, 0.2) is 0 Å². The molecule has 0 bridgehead atoms. The Morgan fingerprint density at radius 3 is 2.45 bits per heavy atom. The van der Waals surface area contributed by atoms with E-state index in [1.165, 1.54) is 6.42 Å². The molecule has 0 aromatic heterocycles. The maximum absolute atomic E-state index is 12.7.